The van der Waals surface area contributed by atoms with Gasteiger partial charge in [-0.3, -0.25) is 9.67 Å². The lowest BCUT2D eigenvalue weighted by atomic mass is 10.0. The normalized spacial score (nSPS) is 12.7. The van der Waals surface area contributed by atoms with Gasteiger partial charge in [-0.15, -0.1) is 0 Å². The monoisotopic (exact) mass is 216 g/mol. The zero-order valence-corrected chi connectivity index (χ0v) is 9.81. The van der Waals surface area contributed by atoms with E-state index in [2.05, 4.69) is 28.4 Å². The number of nitrogens with one attached hydrogen (secondary N) is 1. The van der Waals surface area contributed by atoms with E-state index in [1.54, 1.807) is 6.20 Å². The molecule has 4 nitrogen and oxygen atoms in total. The molecule has 84 valence electrons. The van der Waals surface area contributed by atoms with Gasteiger partial charge >= 0.3 is 0 Å². The van der Waals surface area contributed by atoms with Crippen molar-refractivity contribution >= 4 is 0 Å². The average Bonchev–Trinajstić information content (AvgIpc) is 2.64. The van der Waals surface area contributed by atoms with Gasteiger partial charge in [0.25, 0.3) is 0 Å². The summed E-state index contributed by atoms with van der Waals surface area (Å²) in [7, 11) is 3.90. The van der Waals surface area contributed by atoms with E-state index in [-0.39, 0.29) is 6.04 Å². The van der Waals surface area contributed by atoms with E-state index in [0.717, 1.165) is 5.56 Å². The van der Waals surface area contributed by atoms with Crippen molar-refractivity contribution in [3.63, 3.8) is 0 Å². The second-order valence-corrected chi connectivity index (χ2v) is 3.82. The zero-order chi connectivity index (χ0) is 11.5. The molecule has 0 fully saturated rings. The molecule has 1 unspecified atom stereocenters. The van der Waals surface area contributed by atoms with Crippen molar-refractivity contribution in [2.45, 2.75) is 13.0 Å². The number of aromatic nitrogens is 3. The molecular weight excluding hydrogens is 200 g/mol. The maximum Gasteiger partial charge on any atom is 0.0623 e. The van der Waals surface area contributed by atoms with Gasteiger partial charge in [-0.05, 0) is 25.6 Å². The minimum Gasteiger partial charge on any atom is -0.309 e. The molecule has 0 amide bonds. The Labute approximate surface area is 95.3 Å². The average molecular weight is 216 g/mol. The summed E-state index contributed by atoms with van der Waals surface area (Å²) >= 11 is 0. The maximum absolute atomic E-state index is 4.27. The van der Waals surface area contributed by atoms with Gasteiger partial charge < -0.3 is 5.32 Å². The maximum atomic E-state index is 4.27. The van der Waals surface area contributed by atoms with Crippen LogP contribution in [-0.2, 0) is 7.05 Å². The Balaban J connectivity index is 2.41. The van der Waals surface area contributed by atoms with Gasteiger partial charge in [0.1, 0.15) is 0 Å². The summed E-state index contributed by atoms with van der Waals surface area (Å²) < 4.78 is 1.88. The van der Waals surface area contributed by atoms with Crippen LogP contribution in [-0.4, -0.2) is 21.8 Å². The first-order chi connectivity index (χ1) is 7.74. The molecule has 2 heterocycles. The first-order valence-corrected chi connectivity index (χ1v) is 5.29. The molecule has 0 aliphatic rings. The van der Waals surface area contributed by atoms with Gasteiger partial charge in [0.2, 0.25) is 0 Å². The Bertz CT molecular complexity index is 461. The molecule has 0 aliphatic heterocycles. The number of nitrogens with zero attached hydrogens (tertiary/aromatic N) is 3. The van der Waals surface area contributed by atoms with E-state index < -0.39 is 0 Å². The lowest BCUT2D eigenvalue weighted by Gasteiger charge is -2.15. The highest BCUT2D eigenvalue weighted by Gasteiger charge is 2.16. The van der Waals surface area contributed by atoms with Crippen molar-refractivity contribution in [3.05, 3.63) is 47.5 Å². The number of pyridine rings is 1. The third kappa shape index (κ3) is 1.84. The Kier molecular flexibility index (Phi) is 3.01. The topological polar surface area (TPSA) is 42.7 Å². The predicted molar refractivity (Wildman–Crippen MR) is 63.1 cm³/mol. The standard InChI is InChI=1S/C12H16N4/c1-9-11(8-15-16(9)3)12(13-2)10-5-4-6-14-7-10/h4-8,12-13H,1-3H3. The van der Waals surface area contributed by atoms with Crippen LogP contribution in [0.5, 0.6) is 0 Å². The van der Waals surface area contributed by atoms with Crippen LogP contribution < -0.4 is 5.32 Å². The third-order valence-corrected chi connectivity index (χ3v) is 2.89. The molecule has 0 bridgehead atoms. The highest BCUT2D eigenvalue weighted by Crippen LogP contribution is 2.23. The molecule has 1 N–H and O–H groups in total. The summed E-state index contributed by atoms with van der Waals surface area (Å²) in [6.07, 6.45) is 5.57. The van der Waals surface area contributed by atoms with Crippen molar-refractivity contribution in [2.24, 2.45) is 7.05 Å². The highest BCUT2D eigenvalue weighted by molar-refractivity contribution is 5.31. The molecule has 4 heteroatoms. The molecule has 0 spiro atoms. The molecule has 0 aromatic carbocycles. The lowest BCUT2D eigenvalue weighted by Crippen LogP contribution is -2.18. The summed E-state index contributed by atoms with van der Waals surface area (Å²) in [4.78, 5) is 4.15. The molecule has 2 aromatic rings. The van der Waals surface area contributed by atoms with E-state index in [1.807, 2.05) is 37.2 Å². The first kappa shape index (κ1) is 10.8. The van der Waals surface area contributed by atoms with Gasteiger partial charge in [-0.1, -0.05) is 6.07 Å². The van der Waals surface area contributed by atoms with Crippen LogP contribution in [0.15, 0.2) is 30.7 Å². The van der Waals surface area contributed by atoms with Gasteiger partial charge in [0.15, 0.2) is 0 Å². The fourth-order valence-electron chi connectivity index (χ4n) is 1.85. The molecule has 1 atom stereocenters. The van der Waals surface area contributed by atoms with Crippen LogP contribution in [0.3, 0.4) is 0 Å². The number of rotatable bonds is 3. The van der Waals surface area contributed by atoms with Gasteiger partial charge in [0, 0.05) is 30.7 Å². The largest absolute Gasteiger partial charge is 0.309 e. The number of hydrogen-bond donors (Lipinski definition) is 1. The summed E-state index contributed by atoms with van der Waals surface area (Å²) in [6, 6.07) is 4.17. The Morgan fingerprint density at radius 2 is 2.19 bits per heavy atom. The molecule has 2 aromatic heterocycles. The van der Waals surface area contributed by atoms with Crippen molar-refractivity contribution in [2.75, 3.05) is 7.05 Å². The Hall–Kier alpha value is -1.68. The Morgan fingerprint density at radius 3 is 2.69 bits per heavy atom. The van der Waals surface area contributed by atoms with E-state index in [4.69, 9.17) is 0 Å². The fourth-order valence-corrected chi connectivity index (χ4v) is 1.85. The number of hydrogen-bond acceptors (Lipinski definition) is 3. The van der Waals surface area contributed by atoms with Crippen LogP contribution in [0.1, 0.15) is 22.9 Å². The second-order valence-electron chi connectivity index (χ2n) is 3.82. The molecule has 2 rings (SSSR count). The molecular formula is C12H16N4. The smallest absolute Gasteiger partial charge is 0.0623 e. The quantitative estimate of drug-likeness (QED) is 0.844. The van der Waals surface area contributed by atoms with Gasteiger partial charge in [0.05, 0.1) is 12.2 Å². The number of aryl methyl sites for hydroxylation is 1. The Morgan fingerprint density at radius 1 is 1.38 bits per heavy atom. The van der Waals surface area contributed by atoms with Crippen LogP contribution in [0.25, 0.3) is 0 Å². The van der Waals surface area contributed by atoms with Crippen LogP contribution >= 0.6 is 0 Å². The second kappa shape index (κ2) is 4.45. The summed E-state index contributed by atoms with van der Waals surface area (Å²) in [5.41, 5.74) is 3.52. The predicted octanol–water partition coefficient (Wildman–Crippen LogP) is 1.43. The molecule has 0 aliphatic carbocycles. The zero-order valence-electron chi connectivity index (χ0n) is 9.81. The summed E-state index contributed by atoms with van der Waals surface area (Å²) in [5, 5.41) is 7.56. The molecule has 0 saturated carbocycles. The highest BCUT2D eigenvalue weighted by atomic mass is 15.3. The lowest BCUT2D eigenvalue weighted by molar-refractivity contribution is 0.676. The SMILES string of the molecule is CNC(c1cccnc1)c1cnn(C)c1C. The van der Waals surface area contributed by atoms with Crippen LogP contribution in [0.4, 0.5) is 0 Å². The van der Waals surface area contributed by atoms with E-state index in [9.17, 15) is 0 Å². The third-order valence-electron chi connectivity index (χ3n) is 2.89. The van der Waals surface area contributed by atoms with E-state index in [1.165, 1.54) is 11.3 Å². The van der Waals surface area contributed by atoms with Crippen molar-refractivity contribution in [3.8, 4) is 0 Å². The fraction of sp³-hybridized carbons (Fsp3) is 0.333. The molecule has 0 radical (unpaired) electrons. The minimum absolute atomic E-state index is 0.155. The van der Waals surface area contributed by atoms with Gasteiger partial charge in [-0.2, -0.15) is 5.10 Å². The summed E-state index contributed by atoms with van der Waals surface area (Å²) in [6.45, 7) is 2.07. The van der Waals surface area contributed by atoms with Crippen molar-refractivity contribution in [1.82, 2.24) is 20.1 Å². The van der Waals surface area contributed by atoms with Crippen LogP contribution in [0, 0.1) is 6.92 Å². The van der Waals surface area contributed by atoms with E-state index in [0.29, 0.717) is 0 Å². The van der Waals surface area contributed by atoms with Crippen molar-refractivity contribution in [1.29, 1.82) is 0 Å². The van der Waals surface area contributed by atoms with Gasteiger partial charge in [-0.25, -0.2) is 0 Å². The first-order valence-electron chi connectivity index (χ1n) is 5.29. The van der Waals surface area contributed by atoms with Crippen LogP contribution in [0.2, 0.25) is 0 Å². The molecule has 0 saturated heterocycles. The minimum atomic E-state index is 0.155. The molecule has 16 heavy (non-hydrogen) atoms. The summed E-state index contributed by atoms with van der Waals surface area (Å²) in [5.74, 6) is 0. The van der Waals surface area contributed by atoms with Crippen molar-refractivity contribution < 1.29 is 0 Å². The van der Waals surface area contributed by atoms with E-state index >= 15 is 0 Å².